The topological polar surface area (TPSA) is 103 Å². The summed E-state index contributed by atoms with van der Waals surface area (Å²) in [6.07, 6.45) is 5.42. The van der Waals surface area contributed by atoms with Crippen LogP contribution in [-0.2, 0) is 18.7 Å². The quantitative estimate of drug-likeness (QED) is 0.457. The molecular weight excluding hydrogens is 364 g/mol. The highest BCUT2D eigenvalue weighted by Crippen LogP contribution is 2.16. The van der Waals surface area contributed by atoms with Gasteiger partial charge >= 0.3 is 0 Å². The first-order valence-corrected chi connectivity index (χ1v) is 9.86. The number of rotatable bonds is 10. The smallest absolute Gasteiger partial charge is 0.255 e. The molecule has 144 valence electrons. The van der Waals surface area contributed by atoms with Crippen molar-refractivity contribution in [3.8, 4) is 0 Å². The van der Waals surface area contributed by atoms with Crippen molar-refractivity contribution >= 4 is 17.7 Å². The Morgan fingerprint density at radius 2 is 2.11 bits per heavy atom. The third-order valence-corrected chi connectivity index (χ3v) is 4.74. The highest BCUT2D eigenvalue weighted by Gasteiger charge is 2.06. The summed E-state index contributed by atoms with van der Waals surface area (Å²) in [6, 6.07) is 4.04. The van der Waals surface area contributed by atoms with Gasteiger partial charge in [0.15, 0.2) is 0 Å². The third-order valence-electron chi connectivity index (χ3n) is 3.76. The normalized spacial score (nSPS) is 11.2. The van der Waals surface area contributed by atoms with Crippen molar-refractivity contribution in [3.63, 3.8) is 0 Å². The van der Waals surface area contributed by atoms with E-state index in [9.17, 15) is 4.79 Å². The predicted octanol–water partition coefficient (Wildman–Crippen LogP) is 2.08. The Hall–Kier alpha value is -2.52. The lowest BCUT2D eigenvalue weighted by molar-refractivity contribution is 0.344. The van der Waals surface area contributed by atoms with Gasteiger partial charge in [-0.05, 0) is 26.2 Å². The van der Waals surface area contributed by atoms with Gasteiger partial charge in [-0.2, -0.15) is 11.8 Å². The number of thioether (sulfide) groups is 1. The van der Waals surface area contributed by atoms with Crippen LogP contribution in [0.25, 0.3) is 0 Å². The van der Waals surface area contributed by atoms with Gasteiger partial charge in [0.05, 0.1) is 12.3 Å². The number of furan rings is 1. The molecule has 0 aromatic carbocycles. The van der Waals surface area contributed by atoms with E-state index < -0.39 is 0 Å². The molecule has 9 heteroatoms. The second-order valence-electron chi connectivity index (χ2n) is 6.38. The Labute approximate surface area is 161 Å². The molecule has 27 heavy (non-hydrogen) atoms. The van der Waals surface area contributed by atoms with E-state index in [4.69, 9.17) is 4.42 Å². The zero-order valence-corrected chi connectivity index (χ0v) is 16.3. The average Bonchev–Trinajstić information content (AvgIpc) is 3.28. The highest BCUT2D eigenvalue weighted by atomic mass is 32.2. The van der Waals surface area contributed by atoms with Crippen molar-refractivity contribution in [2.45, 2.75) is 18.7 Å². The summed E-state index contributed by atoms with van der Waals surface area (Å²) < 4.78 is 5.78. The second kappa shape index (κ2) is 9.43. The molecule has 8 nitrogen and oxygen atoms in total. The second-order valence-corrected chi connectivity index (χ2v) is 7.49. The SMILES string of the molecule is CN(C)Cc1ccc(CSCCNc2ncc(Cc3ncc[nH]3)c(=O)[nH]2)o1. The maximum atomic E-state index is 12.1. The summed E-state index contributed by atoms with van der Waals surface area (Å²) in [5.41, 5.74) is 0.428. The molecule has 0 bridgehead atoms. The molecule has 0 aliphatic carbocycles. The molecule has 0 amide bonds. The molecule has 3 heterocycles. The number of nitrogens with zero attached hydrogens (tertiary/aromatic N) is 3. The van der Waals surface area contributed by atoms with Gasteiger partial charge in [-0.15, -0.1) is 0 Å². The largest absolute Gasteiger partial charge is 0.464 e. The summed E-state index contributed by atoms with van der Waals surface area (Å²) in [4.78, 5) is 28.3. The molecule has 0 aliphatic rings. The monoisotopic (exact) mass is 388 g/mol. The lowest BCUT2D eigenvalue weighted by Gasteiger charge is -2.06. The van der Waals surface area contributed by atoms with Crippen LogP contribution < -0.4 is 10.9 Å². The molecule has 0 radical (unpaired) electrons. The minimum atomic E-state index is -0.152. The van der Waals surface area contributed by atoms with Crippen molar-refractivity contribution in [1.82, 2.24) is 24.8 Å². The molecule has 3 aromatic rings. The van der Waals surface area contributed by atoms with Crippen molar-refractivity contribution in [2.75, 3.05) is 31.7 Å². The van der Waals surface area contributed by atoms with Crippen LogP contribution in [0.1, 0.15) is 22.9 Å². The van der Waals surface area contributed by atoms with Crippen molar-refractivity contribution in [3.05, 3.63) is 64.0 Å². The Kier molecular flexibility index (Phi) is 6.72. The third kappa shape index (κ3) is 6.00. The molecule has 0 atom stereocenters. The highest BCUT2D eigenvalue weighted by molar-refractivity contribution is 7.98. The first-order valence-electron chi connectivity index (χ1n) is 8.70. The van der Waals surface area contributed by atoms with Gasteiger partial charge in [-0.3, -0.25) is 9.78 Å². The van der Waals surface area contributed by atoms with Gasteiger partial charge in [0.2, 0.25) is 5.95 Å². The average molecular weight is 388 g/mol. The van der Waals surface area contributed by atoms with Crippen LogP contribution in [0.5, 0.6) is 0 Å². The van der Waals surface area contributed by atoms with Crippen LogP contribution in [0, 0.1) is 0 Å². The van der Waals surface area contributed by atoms with Crippen LogP contribution in [0.3, 0.4) is 0 Å². The number of imidazole rings is 1. The number of aromatic amines is 2. The number of nitrogens with one attached hydrogen (secondary N) is 3. The van der Waals surface area contributed by atoms with E-state index in [0.29, 0.717) is 24.5 Å². The molecule has 0 saturated heterocycles. The van der Waals surface area contributed by atoms with Gasteiger partial charge in [0, 0.05) is 42.9 Å². The van der Waals surface area contributed by atoms with E-state index in [-0.39, 0.29) is 5.56 Å². The minimum Gasteiger partial charge on any atom is -0.464 e. The summed E-state index contributed by atoms with van der Waals surface area (Å²) in [6.45, 7) is 1.51. The first-order chi connectivity index (χ1) is 13.1. The summed E-state index contributed by atoms with van der Waals surface area (Å²) in [7, 11) is 4.04. The number of H-pyrrole nitrogens is 2. The fourth-order valence-corrected chi connectivity index (χ4v) is 3.27. The Bertz CT molecular complexity index is 887. The van der Waals surface area contributed by atoms with E-state index in [1.54, 1.807) is 30.4 Å². The Balaban J connectivity index is 1.39. The van der Waals surface area contributed by atoms with Crippen molar-refractivity contribution in [2.24, 2.45) is 0 Å². The molecule has 0 aliphatic heterocycles. The van der Waals surface area contributed by atoms with Crippen LogP contribution in [0.15, 0.2) is 39.9 Å². The summed E-state index contributed by atoms with van der Waals surface area (Å²) in [5.74, 6) is 4.87. The number of aromatic nitrogens is 4. The van der Waals surface area contributed by atoms with Gasteiger partial charge in [-0.1, -0.05) is 0 Å². The standard InChI is InChI=1S/C18H24N6O2S/c1-24(2)11-14-3-4-15(26-14)12-27-8-7-21-18-22-10-13(17(25)23-18)9-16-19-5-6-20-16/h3-6,10H,7-9,11-12H2,1-2H3,(H,19,20)(H2,21,22,23,25). The Morgan fingerprint density at radius 3 is 2.85 bits per heavy atom. The van der Waals surface area contributed by atoms with E-state index in [0.717, 1.165) is 35.4 Å². The van der Waals surface area contributed by atoms with Gasteiger partial charge in [0.1, 0.15) is 17.3 Å². The van der Waals surface area contributed by atoms with Crippen LogP contribution >= 0.6 is 11.8 Å². The molecule has 0 spiro atoms. The zero-order valence-electron chi connectivity index (χ0n) is 15.5. The Morgan fingerprint density at radius 1 is 1.26 bits per heavy atom. The van der Waals surface area contributed by atoms with Crippen LogP contribution in [0.2, 0.25) is 0 Å². The molecule has 0 saturated carbocycles. The maximum absolute atomic E-state index is 12.1. The van der Waals surface area contributed by atoms with E-state index in [1.807, 2.05) is 26.2 Å². The van der Waals surface area contributed by atoms with Gasteiger partial charge in [0.25, 0.3) is 5.56 Å². The van der Waals surface area contributed by atoms with E-state index in [2.05, 4.69) is 30.2 Å². The van der Waals surface area contributed by atoms with Crippen LogP contribution in [-0.4, -0.2) is 51.2 Å². The lowest BCUT2D eigenvalue weighted by Crippen LogP contribution is -2.18. The first kappa shape index (κ1) is 19.2. The zero-order chi connectivity index (χ0) is 19.1. The predicted molar refractivity (Wildman–Crippen MR) is 107 cm³/mol. The van der Waals surface area contributed by atoms with Gasteiger partial charge in [-0.25, -0.2) is 9.97 Å². The number of anilines is 1. The molecule has 3 N–H and O–H groups in total. The van der Waals surface area contributed by atoms with Gasteiger partial charge < -0.3 is 19.6 Å². The molecule has 3 aromatic heterocycles. The summed E-state index contributed by atoms with van der Waals surface area (Å²) >= 11 is 1.77. The van der Waals surface area contributed by atoms with Crippen LogP contribution in [0.4, 0.5) is 5.95 Å². The fraction of sp³-hybridized carbons (Fsp3) is 0.389. The number of hydrogen-bond acceptors (Lipinski definition) is 7. The molecule has 0 unspecified atom stereocenters. The molecule has 3 rings (SSSR count). The van der Waals surface area contributed by atoms with Crippen molar-refractivity contribution in [1.29, 1.82) is 0 Å². The lowest BCUT2D eigenvalue weighted by atomic mass is 10.2. The summed E-state index contributed by atoms with van der Waals surface area (Å²) in [5, 5.41) is 3.14. The number of hydrogen-bond donors (Lipinski definition) is 3. The fourth-order valence-electron chi connectivity index (χ4n) is 2.52. The maximum Gasteiger partial charge on any atom is 0.255 e. The van der Waals surface area contributed by atoms with Crippen molar-refractivity contribution < 1.29 is 4.42 Å². The van der Waals surface area contributed by atoms with E-state index >= 15 is 0 Å². The minimum absolute atomic E-state index is 0.152. The van der Waals surface area contributed by atoms with E-state index in [1.165, 1.54) is 0 Å². The molecular formula is C18H24N6O2S. The molecule has 0 fully saturated rings.